The van der Waals surface area contributed by atoms with Crippen LogP contribution in [0.2, 0.25) is 10.0 Å². The van der Waals surface area contributed by atoms with Gasteiger partial charge in [0, 0.05) is 37.1 Å². The summed E-state index contributed by atoms with van der Waals surface area (Å²) in [5, 5.41) is 10.0. The number of sulfonamides is 1. The minimum atomic E-state index is -4.08. The molecule has 0 spiro atoms. The summed E-state index contributed by atoms with van der Waals surface area (Å²) < 4.78 is 34.7. The van der Waals surface area contributed by atoms with Gasteiger partial charge in [0.05, 0.1) is 21.2 Å². The summed E-state index contributed by atoms with van der Waals surface area (Å²) in [6.07, 6.45) is 3.59. The molecule has 1 amide bonds. The van der Waals surface area contributed by atoms with Gasteiger partial charge in [-0.05, 0) is 78.7 Å². The molecule has 39 heavy (non-hydrogen) atoms. The zero-order chi connectivity index (χ0) is 27.8. The molecular formula is C28H25Cl2N3O5S. The van der Waals surface area contributed by atoms with E-state index in [4.69, 9.17) is 27.9 Å². The van der Waals surface area contributed by atoms with Crippen molar-refractivity contribution in [2.24, 2.45) is 0 Å². The van der Waals surface area contributed by atoms with E-state index >= 15 is 0 Å². The fourth-order valence-electron chi connectivity index (χ4n) is 3.72. The maximum Gasteiger partial charge on any atom is 0.261 e. The van der Waals surface area contributed by atoms with Crippen molar-refractivity contribution in [1.29, 1.82) is 0 Å². The minimum Gasteiger partial charge on any atom is -0.456 e. The monoisotopic (exact) mass is 585 g/mol. The van der Waals surface area contributed by atoms with Gasteiger partial charge < -0.3 is 14.7 Å². The molecule has 0 unspecified atom stereocenters. The molecule has 0 fully saturated rings. The number of amides is 1. The summed E-state index contributed by atoms with van der Waals surface area (Å²) >= 11 is 12.3. The summed E-state index contributed by atoms with van der Waals surface area (Å²) in [7, 11) is -4.08. The first-order valence-electron chi connectivity index (χ1n) is 11.9. The van der Waals surface area contributed by atoms with Crippen molar-refractivity contribution in [2.75, 3.05) is 17.9 Å². The highest BCUT2D eigenvalue weighted by molar-refractivity contribution is 7.92. The highest BCUT2D eigenvalue weighted by Gasteiger charge is 2.23. The summed E-state index contributed by atoms with van der Waals surface area (Å²) in [4.78, 5) is 19.1. The Morgan fingerprint density at radius 2 is 1.69 bits per heavy atom. The summed E-state index contributed by atoms with van der Waals surface area (Å²) in [5.74, 6) is 0.402. The number of hydrogen-bond donors (Lipinski definition) is 2. The second kappa shape index (κ2) is 12.9. The molecule has 202 valence electrons. The zero-order valence-corrected chi connectivity index (χ0v) is 23.0. The Hall–Kier alpha value is -3.63. The molecule has 0 bridgehead atoms. The van der Waals surface area contributed by atoms with Gasteiger partial charge in [-0.25, -0.2) is 8.42 Å². The normalized spacial score (nSPS) is 11.2. The van der Waals surface area contributed by atoms with Crippen molar-refractivity contribution >= 4 is 44.8 Å². The molecule has 0 aliphatic rings. The number of halogens is 2. The Kier molecular flexibility index (Phi) is 9.42. The summed E-state index contributed by atoms with van der Waals surface area (Å²) in [6, 6.07) is 20.7. The number of nitrogens with one attached hydrogen (secondary N) is 1. The van der Waals surface area contributed by atoms with E-state index in [2.05, 4.69) is 9.71 Å². The molecule has 1 heterocycles. The van der Waals surface area contributed by atoms with Crippen molar-refractivity contribution in [2.45, 2.75) is 17.9 Å². The third kappa shape index (κ3) is 7.48. The van der Waals surface area contributed by atoms with Gasteiger partial charge >= 0.3 is 0 Å². The molecule has 0 aliphatic carbocycles. The number of para-hydroxylation sites is 1. The van der Waals surface area contributed by atoms with Crippen LogP contribution in [0.15, 0.2) is 96.2 Å². The van der Waals surface area contributed by atoms with Gasteiger partial charge in [-0.3, -0.25) is 14.5 Å². The molecule has 4 aromatic rings. The first-order chi connectivity index (χ1) is 18.8. The van der Waals surface area contributed by atoms with E-state index in [1.807, 2.05) is 0 Å². The third-order valence-electron chi connectivity index (χ3n) is 5.65. The lowest BCUT2D eigenvalue weighted by atomic mass is 10.1. The van der Waals surface area contributed by atoms with Crippen molar-refractivity contribution in [3.05, 3.63) is 112 Å². The molecule has 0 radical (unpaired) electrons. The average molecular weight is 586 g/mol. The van der Waals surface area contributed by atoms with Crippen LogP contribution < -0.4 is 9.46 Å². The van der Waals surface area contributed by atoms with Crippen LogP contribution in [0.1, 0.15) is 22.3 Å². The Morgan fingerprint density at radius 3 is 2.38 bits per heavy atom. The molecule has 3 aromatic carbocycles. The van der Waals surface area contributed by atoms with Gasteiger partial charge in [0.15, 0.2) is 0 Å². The number of pyridine rings is 1. The van der Waals surface area contributed by atoms with Gasteiger partial charge in [-0.15, -0.1) is 0 Å². The maximum absolute atomic E-state index is 13.6. The smallest absolute Gasteiger partial charge is 0.261 e. The molecule has 4 rings (SSSR count). The predicted octanol–water partition coefficient (Wildman–Crippen LogP) is 6.01. The Balaban J connectivity index is 1.57. The van der Waals surface area contributed by atoms with E-state index in [9.17, 15) is 18.3 Å². The van der Waals surface area contributed by atoms with Crippen LogP contribution in [0.5, 0.6) is 11.5 Å². The van der Waals surface area contributed by atoms with E-state index in [1.54, 1.807) is 48.8 Å². The van der Waals surface area contributed by atoms with Gasteiger partial charge in [0.2, 0.25) is 0 Å². The predicted molar refractivity (Wildman–Crippen MR) is 151 cm³/mol. The van der Waals surface area contributed by atoms with Crippen molar-refractivity contribution in [1.82, 2.24) is 9.88 Å². The molecule has 0 saturated carbocycles. The van der Waals surface area contributed by atoms with E-state index < -0.39 is 15.9 Å². The Morgan fingerprint density at radius 1 is 0.974 bits per heavy atom. The van der Waals surface area contributed by atoms with E-state index in [1.165, 1.54) is 47.4 Å². The number of carbonyl (C=O) groups is 1. The molecule has 0 saturated heterocycles. The highest BCUT2D eigenvalue weighted by atomic mass is 35.5. The molecule has 2 N–H and O–H groups in total. The SMILES string of the molecule is O=C(c1cc(Cl)ccc1NS(=O)(=O)c1ccc(Oc2ccccc2Cl)cc1)N(CCCO)Cc1ccncc1. The second-order valence-corrected chi connectivity index (χ2v) is 11.0. The Bertz CT molecular complexity index is 1530. The van der Waals surface area contributed by atoms with Crippen molar-refractivity contribution in [3.63, 3.8) is 0 Å². The minimum absolute atomic E-state index is 0.0312. The zero-order valence-electron chi connectivity index (χ0n) is 20.6. The number of rotatable bonds is 11. The number of nitrogens with zero attached hydrogens (tertiary/aromatic N) is 2. The number of anilines is 1. The fourth-order valence-corrected chi connectivity index (χ4v) is 5.15. The van der Waals surface area contributed by atoms with E-state index in [-0.39, 0.29) is 40.9 Å². The quantitative estimate of drug-likeness (QED) is 0.223. The van der Waals surface area contributed by atoms with Crippen LogP contribution in [0, 0.1) is 0 Å². The number of hydrogen-bond acceptors (Lipinski definition) is 6. The van der Waals surface area contributed by atoms with Gasteiger partial charge in [-0.1, -0.05) is 35.3 Å². The molecule has 8 nitrogen and oxygen atoms in total. The fraction of sp³-hybridized carbons (Fsp3) is 0.143. The first kappa shape index (κ1) is 28.4. The van der Waals surface area contributed by atoms with Crippen LogP contribution >= 0.6 is 23.2 Å². The van der Waals surface area contributed by atoms with E-state index in [0.717, 1.165) is 5.56 Å². The van der Waals surface area contributed by atoms with Crippen molar-refractivity contribution < 1.29 is 23.1 Å². The number of aliphatic hydroxyl groups is 1. The number of benzene rings is 3. The second-order valence-electron chi connectivity index (χ2n) is 8.46. The molecule has 11 heteroatoms. The molecular weight excluding hydrogens is 561 g/mol. The Labute approximate surface area is 236 Å². The molecule has 1 aromatic heterocycles. The number of aliphatic hydroxyl groups excluding tert-OH is 1. The number of aromatic nitrogens is 1. The standard InChI is InChI=1S/C28H25Cl2N3O5S/c29-21-6-11-26(24(18-21)28(35)33(16-3-17-34)19-20-12-14-31-15-13-20)32-39(36,37)23-9-7-22(8-10-23)38-27-5-2-1-4-25(27)30/h1-2,4-15,18,32,34H,3,16-17,19H2. The van der Waals surface area contributed by atoms with E-state index in [0.29, 0.717) is 22.9 Å². The van der Waals surface area contributed by atoms with Crippen LogP contribution in [0.25, 0.3) is 0 Å². The largest absolute Gasteiger partial charge is 0.456 e. The van der Waals surface area contributed by atoms with Crippen LogP contribution in [-0.2, 0) is 16.6 Å². The average Bonchev–Trinajstić information content (AvgIpc) is 2.93. The third-order valence-corrected chi connectivity index (χ3v) is 7.58. The topological polar surface area (TPSA) is 109 Å². The lowest BCUT2D eigenvalue weighted by Gasteiger charge is -2.24. The lowest BCUT2D eigenvalue weighted by Crippen LogP contribution is -2.33. The first-order valence-corrected chi connectivity index (χ1v) is 14.1. The summed E-state index contributed by atoms with van der Waals surface area (Å²) in [5.41, 5.74) is 0.987. The van der Waals surface area contributed by atoms with Crippen LogP contribution in [-0.4, -0.2) is 42.5 Å². The number of ether oxygens (including phenoxy) is 1. The lowest BCUT2D eigenvalue weighted by molar-refractivity contribution is 0.0733. The van der Waals surface area contributed by atoms with Gasteiger partial charge in [-0.2, -0.15) is 0 Å². The van der Waals surface area contributed by atoms with Gasteiger partial charge in [0.25, 0.3) is 15.9 Å². The number of carbonyl (C=O) groups excluding carboxylic acids is 1. The van der Waals surface area contributed by atoms with Crippen LogP contribution in [0.4, 0.5) is 5.69 Å². The molecule has 0 aliphatic heterocycles. The van der Waals surface area contributed by atoms with Crippen molar-refractivity contribution in [3.8, 4) is 11.5 Å². The van der Waals surface area contributed by atoms with Gasteiger partial charge in [0.1, 0.15) is 11.5 Å². The van der Waals surface area contributed by atoms with Crippen LogP contribution in [0.3, 0.4) is 0 Å². The summed E-state index contributed by atoms with van der Waals surface area (Å²) in [6.45, 7) is 0.390. The maximum atomic E-state index is 13.6. The molecule has 0 atom stereocenters. The highest BCUT2D eigenvalue weighted by Crippen LogP contribution is 2.30.